The summed E-state index contributed by atoms with van der Waals surface area (Å²) in [5, 5.41) is 10.5. The highest BCUT2D eigenvalue weighted by Gasteiger charge is 2.15. The van der Waals surface area contributed by atoms with Gasteiger partial charge in [-0.2, -0.15) is 0 Å². The summed E-state index contributed by atoms with van der Waals surface area (Å²) in [4.78, 5) is 23.2. The van der Waals surface area contributed by atoms with Gasteiger partial charge in [-0.3, -0.25) is 0 Å². The Labute approximate surface area is 142 Å². The molecule has 0 aromatic heterocycles. The predicted octanol–water partition coefficient (Wildman–Crippen LogP) is 1.19. The van der Waals surface area contributed by atoms with Crippen molar-refractivity contribution in [2.24, 2.45) is 0 Å². The normalized spacial score (nSPS) is 24.3. The summed E-state index contributed by atoms with van der Waals surface area (Å²) in [6.07, 6.45) is 9.36. The number of hydrogen-bond donors (Lipinski definition) is 4. The molecule has 0 aromatic rings. The van der Waals surface area contributed by atoms with Crippen LogP contribution in [0.15, 0.2) is 12.4 Å². The van der Waals surface area contributed by atoms with Gasteiger partial charge >= 0.3 is 12.1 Å². The molecule has 0 spiro atoms. The number of hydrogen-bond acceptors (Lipinski definition) is 4. The van der Waals surface area contributed by atoms with Crippen LogP contribution in [0.1, 0.15) is 38.5 Å². The first-order valence-electron chi connectivity index (χ1n) is 8.71. The maximum absolute atomic E-state index is 11.6. The van der Waals surface area contributed by atoms with E-state index in [-0.39, 0.29) is 24.3 Å². The average molecular weight is 340 g/mol. The summed E-state index contributed by atoms with van der Waals surface area (Å²) in [5.74, 6) is 0. The SMILES string of the molecule is O=C(NC=CNC(=O)NCC1CCCCO1)NCC1CCCCO1. The van der Waals surface area contributed by atoms with E-state index in [1.807, 2.05) is 0 Å². The molecular formula is C16H28N4O4. The molecule has 136 valence electrons. The highest BCUT2D eigenvalue weighted by Crippen LogP contribution is 2.12. The second-order valence-electron chi connectivity index (χ2n) is 6.02. The summed E-state index contributed by atoms with van der Waals surface area (Å²) < 4.78 is 11.1. The first-order valence-corrected chi connectivity index (χ1v) is 8.71. The molecule has 4 amide bonds. The number of amides is 4. The minimum atomic E-state index is -0.321. The van der Waals surface area contributed by atoms with Gasteiger partial charge in [0.2, 0.25) is 0 Å². The predicted molar refractivity (Wildman–Crippen MR) is 89.4 cm³/mol. The van der Waals surface area contributed by atoms with Crippen LogP contribution in [-0.4, -0.2) is 50.6 Å². The van der Waals surface area contributed by atoms with Crippen molar-refractivity contribution in [3.05, 3.63) is 12.4 Å². The van der Waals surface area contributed by atoms with Crippen molar-refractivity contribution in [1.82, 2.24) is 21.3 Å². The molecular weight excluding hydrogens is 312 g/mol. The number of urea groups is 2. The molecule has 0 bridgehead atoms. The summed E-state index contributed by atoms with van der Waals surface area (Å²) in [5.41, 5.74) is 0. The molecule has 2 rings (SSSR count). The Hall–Kier alpha value is -1.80. The van der Waals surface area contributed by atoms with Crippen LogP contribution in [0, 0.1) is 0 Å². The lowest BCUT2D eigenvalue weighted by Gasteiger charge is -2.22. The van der Waals surface area contributed by atoms with E-state index in [1.165, 1.54) is 12.4 Å². The topological polar surface area (TPSA) is 101 Å². The molecule has 8 nitrogen and oxygen atoms in total. The molecule has 0 saturated carbocycles. The quantitative estimate of drug-likeness (QED) is 0.583. The van der Waals surface area contributed by atoms with Crippen LogP contribution in [0.5, 0.6) is 0 Å². The Kier molecular flexibility index (Phi) is 8.40. The molecule has 0 aliphatic carbocycles. The van der Waals surface area contributed by atoms with E-state index in [1.54, 1.807) is 0 Å². The van der Waals surface area contributed by atoms with E-state index in [4.69, 9.17) is 9.47 Å². The van der Waals surface area contributed by atoms with Crippen molar-refractivity contribution in [2.45, 2.75) is 50.7 Å². The van der Waals surface area contributed by atoms with Crippen LogP contribution >= 0.6 is 0 Å². The third-order valence-corrected chi connectivity index (χ3v) is 4.04. The third-order valence-electron chi connectivity index (χ3n) is 4.04. The van der Waals surface area contributed by atoms with Crippen LogP contribution in [-0.2, 0) is 9.47 Å². The molecule has 2 aliphatic heterocycles. The molecule has 2 atom stereocenters. The number of rotatable bonds is 6. The average Bonchev–Trinajstić information content (AvgIpc) is 2.63. The molecule has 2 unspecified atom stereocenters. The van der Waals surface area contributed by atoms with Gasteiger partial charge in [0.1, 0.15) is 0 Å². The van der Waals surface area contributed by atoms with Crippen LogP contribution in [0.2, 0.25) is 0 Å². The summed E-state index contributed by atoms with van der Waals surface area (Å²) in [6, 6.07) is -0.642. The van der Waals surface area contributed by atoms with E-state index in [0.29, 0.717) is 13.1 Å². The van der Waals surface area contributed by atoms with Gasteiger partial charge in [-0.25, -0.2) is 9.59 Å². The molecule has 0 radical (unpaired) electrons. The molecule has 2 saturated heterocycles. The van der Waals surface area contributed by atoms with Crippen molar-refractivity contribution in [1.29, 1.82) is 0 Å². The van der Waals surface area contributed by atoms with Gasteiger partial charge in [-0.15, -0.1) is 0 Å². The highest BCUT2D eigenvalue weighted by atomic mass is 16.5. The van der Waals surface area contributed by atoms with Crippen molar-refractivity contribution in [3.8, 4) is 0 Å². The van der Waals surface area contributed by atoms with Gasteiger partial charge in [0.25, 0.3) is 0 Å². The smallest absolute Gasteiger partial charge is 0.318 e. The Morgan fingerprint density at radius 1 is 0.792 bits per heavy atom. The zero-order chi connectivity index (χ0) is 17.0. The standard InChI is InChI=1S/C16H28N4O4/c21-15(19-11-13-5-1-3-9-23-13)17-7-8-18-16(22)20-12-14-6-2-4-10-24-14/h7-8,13-14H,1-6,9-12H2,(H2,17,19,21)(H2,18,20,22). The molecule has 8 heteroatoms. The fraction of sp³-hybridized carbons (Fsp3) is 0.750. The lowest BCUT2D eigenvalue weighted by molar-refractivity contribution is 0.0184. The first kappa shape index (κ1) is 18.5. The summed E-state index contributed by atoms with van der Waals surface area (Å²) >= 11 is 0. The van der Waals surface area contributed by atoms with Gasteiger partial charge < -0.3 is 30.7 Å². The van der Waals surface area contributed by atoms with Gasteiger partial charge in [0, 0.05) is 38.7 Å². The number of ether oxygens (including phenoxy) is 2. The lowest BCUT2D eigenvalue weighted by Crippen LogP contribution is -2.40. The molecule has 2 fully saturated rings. The minimum Gasteiger partial charge on any atom is -0.376 e. The van der Waals surface area contributed by atoms with E-state index in [0.717, 1.165) is 51.7 Å². The highest BCUT2D eigenvalue weighted by molar-refractivity contribution is 5.76. The minimum absolute atomic E-state index is 0.0967. The van der Waals surface area contributed by atoms with Crippen LogP contribution in [0.3, 0.4) is 0 Å². The molecule has 2 aliphatic rings. The van der Waals surface area contributed by atoms with Crippen molar-refractivity contribution < 1.29 is 19.1 Å². The maximum atomic E-state index is 11.6. The van der Waals surface area contributed by atoms with Crippen molar-refractivity contribution >= 4 is 12.1 Å². The zero-order valence-corrected chi connectivity index (χ0v) is 14.0. The number of nitrogens with one attached hydrogen (secondary N) is 4. The van der Waals surface area contributed by atoms with Crippen molar-refractivity contribution in [3.63, 3.8) is 0 Å². The second-order valence-corrected chi connectivity index (χ2v) is 6.02. The first-order chi connectivity index (χ1) is 11.7. The van der Waals surface area contributed by atoms with Gasteiger partial charge in [-0.05, 0) is 38.5 Å². The molecule has 4 N–H and O–H groups in total. The summed E-state index contributed by atoms with van der Waals surface area (Å²) in [6.45, 7) is 2.52. The van der Waals surface area contributed by atoms with Gasteiger partial charge in [0.05, 0.1) is 12.2 Å². The Morgan fingerprint density at radius 2 is 1.25 bits per heavy atom. The Bertz CT molecular complexity index is 380. The van der Waals surface area contributed by atoms with Crippen molar-refractivity contribution in [2.75, 3.05) is 26.3 Å². The van der Waals surface area contributed by atoms with Crippen LogP contribution in [0.25, 0.3) is 0 Å². The van der Waals surface area contributed by atoms with E-state index in [9.17, 15) is 9.59 Å². The van der Waals surface area contributed by atoms with Gasteiger partial charge in [-0.1, -0.05) is 0 Å². The van der Waals surface area contributed by atoms with Crippen LogP contribution in [0.4, 0.5) is 9.59 Å². The van der Waals surface area contributed by atoms with Crippen LogP contribution < -0.4 is 21.3 Å². The Morgan fingerprint density at radius 3 is 1.62 bits per heavy atom. The zero-order valence-electron chi connectivity index (χ0n) is 14.0. The van der Waals surface area contributed by atoms with E-state index < -0.39 is 0 Å². The largest absolute Gasteiger partial charge is 0.376 e. The molecule has 24 heavy (non-hydrogen) atoms. The molecule has 0 aromatic carbocycles. The van der Waals surface area contributed by atoms with E-state index >= 15 is 0 Å². The fourth-order valence-electron chi connectivity index (χ4n) is 2.69. The van der Waals surface area contributed by atoms with Gasteiger partial charge in [0.15, 0.2) is 0 Å². The number of carbonyl (C=O) groups is 2. The Balaban J connectivity index is 1.49. The monoisotopic (exact) mass is 340 g/mol. The second kappa shape index (κ2) is 10.9. The van der Waals surface area contributed by atoms with E-state index in [2.05, 4.69) is 21.3 Å². The third kappa shape index (κ3) is 7.65. The number of carbonyl (C=O) groups excluding carboxylic acids is 2. The fourth-order valence-corrected chi connectivity index (χ4v) is 2.69. The lowest BCUT2D eigenvalue weighted by atomic mass is 10.1. The maximum Gasteiger partial charge on any atom is 0.318 e. The molecule has 2 heterocycles. The summed E-state index contributed by atoms with van der Waals surface area (Å²) in [7, 11) is 0.